The molecule has 4 rings (SSSR count). The van der Waals surface area contributed by atoms with E-state index in [0.717, 1.165) is 5.56 Å². The van der Waals surface area contributed by atoms with Gasteiger partial charge >= 0.3 is 0 Å². The van der Waals surface area contributed by atoms with Gasteiger partial charge < -0.3 is 5.11 Å². The number of hydrogen-bond donors (Lipinski definition) is 1. The molecular formula is C25H16Cl2N2O3. The average Bonchev–Trinajstić information content (AvgIpc) is 3.06. The number of aliphatic hydroxyl groups is 1. The van der Waals surface area contributed by atoms with Gasteiger partial charge in [-0.1, -0.05) is 47.5 Å². The van der Waals surface area contributed by atoms with Crippen LogP contribution in [0.15, 0.2) is 72.3 Å². The number of hydrogen-bond acceptors (Lipinski definition) is 4. The minimum atomic E-state index is -0.862. The first-order valence-corrected chi connectivity index (χ1v) is 10.4. The lowest BCUT2D eigenvalue weighted by Gasteiger charge is -2.26. The molecule has 3 aromatic carbocycles. The van der Waals surface area contributed by atoms with Crippen molar-refractivity contribution in [2.45, 2.75) is 13.0 Å². The summed E-state index contributed by atoms with van der Waals surface area (Å²) in [6.07, 6.45) is 0. The molecule has 32 heavy (non-hydrogen) atoms. The fourth-order valence-corrected chi connectivity index (χ4v) is 4.08. The van der Waals surface area contributed by atoms with Crippen LogP contribution in [0, 0.1) is 18.3 Å². The highest BCUT2D eigenvalue weighted by Crippen LogP contribution is 2.43. The lowest BCUT2D eigenvalue weighted by atomic mass is 9.92. The molecule has 0 saturated carbocycles. The number of nitriles is 1. The van der Waals surface area contributed by atoms with Crippen molar-refractivity contribution < 1.29 is 14.7 Å². The zero-order valence-corrected chi connectivity index (χ0v) is 18.4. The average molecular weight is 463 g/mol. The molecule has 158 valence electrons. The number of benzene rings is 3. The summed E-state index contributed by atoms with van der Waals surface area (Å²) < 4.78 is 0. The SMILES string of the molecule is Cc1ccccc1C1/C(=C(\O)c2ccc(Cl)c(Cl)c2)C(=O)C(=O)N1c1ccc(C#N)cc1. The maximum absolute atomic E-state index is 13.2. The van der Waals surface area contributed by atoms with Crippen molar-refractivity contribution in [1.82, 2.24) is 0 Å². The summed E-state index contributed by atoms with van der Waals surface area (Å²) in [5, 5.41) is 20.7. The first-order valence-electron chi connectivity index (χ1n) is 9.65. The van der Waals surface area contributed by atoms with E-state index in [4.69, 9.17) is 28.5 Å². The van der Waals surface area contributed by atoms with Crippen LogP contribution < -0.4 is 4.90 Å². The number of aliphatic hydroxyl groups excluding tert-OH is 1. The first kappa shape index (κ1) is 21.6. The number of carbonyl (C=O) groups is 2. The third-order valence-electron chi connectivity index (χ3n) is 5.40. The van der Waals surface area contributed by atoms with Gasteiger partial charge in [-0.2, -0.15) is 5.26 Å². The zero-order valence-electron chi connectivity index (χ0n) is 16.8. The summed E-state index contributed by atoms with van der Waals surface area (Å²) in [5.74, 6) is -1.93. The zero-order chi connectivity index (χ0) is 23.0. The number of ketones is 1. The molecule has 1 amide bonds. The molecule has 1 atom stereocenters. The van der Waals surface area contributed by atoms with Crippen LogP contribution in [0.2, 0.25) is 10.0 Å². The van der Waals surface area contributed by atoms with Gasteiger partial charge in [0, 0.05) is 11.3 Å². The van der Waals surface area contributed by atoms with E-state index in [1.165, 1.54) is 23.1 Å². The van der Waals surface area contributed by atoms with E-state index in [9.17, 15) is 14.7 Å². The highest BCUT2D eigenvalue weighted by atomic mass is 35.5. The lowest BCUT2D eigenvalue weighted by molar-refractivity contribution is -0.132. The molecule has 1 unspecified atom stereocenters. The Hall–Kier alpha value is -3.59. The molecule has 0 aromatic heterocycles. The van der Waals surface area contributed by atoms with Crippen molar-refractivity contribution in [3.8, 4) is 6.07 Å². The van der Waals surface area contributed by atoms with Crippen LogP contribution in [0.4, 0.5) is 5.69 Å². The van der Waals surface area contributed by atoms with Gasteiger partial charge in [-0.15, -0.1) is 0 Å². The van der Waals surface area contributed by atoms with Crippen molar-refractivity contribution in [2.75, 3.05) is 4.90 Å². The predicted molar refractivity (Wildman–Crippen MR) is 124 cm³/mol. The molecule has 1 aliphatic rings. The maximum atomic E-state index is 13.2. The largest absolute Gasteiger partial charge is 0.507 e. The normalized spacial score (nSPS) is 17.4. The van der Waals surface area contributed by atoms with E-state index < -0.39 is 17.7 Å². The molecule has 1 saturated heterocycles. The second-order valence-electron chi connectivity index (χ2n) is 7.31. The fourth-order valence-electron chi connectivity index (χ4n) is 3.78. The molecule has 5 nitrogen and oxygen atoms in total. The molecular weight excluding hydrogens is 447 g/mol. The molecule has 3 aromatic rings. The number of carbonyl (C=O) groups excluding carboxylic acids is 2. The van der Waals surface area contributed by atoms with Crippen LogP contribution in [-0.4, -0.2) is 16.8 Å². The van der Waals surface area contributed by atoms with Gasteiger partial charge in [0.05, 0.1) is 33.3 Å². The Bertz CT molecular complexity index is 1320. The van der Waals surface area contributed by atoms with Crippen molar-refractivity contribution in [3.05, 3.63) is 105 Å². The highest BCUT2D eigenvalue weighted by molar-refractivity contribution is 6.51. The van der Waals surface area contributed by atoms with Gasteiger partial charge in [0.2, 0.25) is 0 Å². The van der Waals surface area contributed by atoms with E-state index in [1.807, 2.05) is 31.2 Å². The minimum absolute atomic E-state index is 0.0490. The summed E-state index contributed by atoms with van der Waals surface area (Å²) in [6, 6.07) is 19.4. The second-order valence-corrected chi connectivity index (χ2v) is 8.13. The van der Waals surface area contributed by atoms with Crippen molar-refractivity contribution in [2.24, 2.45) is 0 Å². The smallest absolute Gasteiger partial charge is 0.300 e. The number of rotatable bonds is 3. The summed E-state index contributed by atoms with van der Waals surface area (Å²) >= 11 is 12.1. The third-order valence-corrected chi connectivity index (χ3v) is 6.13. The van der Waals surface area contributed by atoms with Crippen molar-refractivity contribution in [1.29, 1.82) is 5.26 Å². The Morgan fingerprint density at radius 1 is 1.00 bits per heavy atom. The Kier molecular flexibility index (Phi) is 5.75. The molecule has 1 aliphatic heterocycles. The summed E-state index contributed by atoms with van der Waals surface area (Å²) in [7, 11) is 0. The van der Waals surface area contributed by atoms with Gasteiger partial charge in [-0.05, 0) is 60.5 Å². The summed E-state index contributed by atoms with van der Waals surface area (Å²) in [6.45, 7) is 1.87. The van der Waals surface area contributed by atoms with Gasteiger partial charge in [0.1, 0.15) is 5.76 Å². The highest BCUT2D eigenvalue weighted by Gasteiger charge is 2.47. The number of amides is 1. The molecule has 0 radical (unpaired) electrons. The van der Waals surface area contributed by atoms with Crippen LogP contribution in [0.3, 0.4) is 0 Å². The Morgan fingerprint density at radius 2 is 1.69 bits per heavy atom. The van der Waals surface area contributed by atoms with Crippen LogP contribution >= 0.6 is 23.2 Å². The third kappa shape index (κ3) is 3.64. The topological polar surface area (TPSA) is 81.4 Å². The summed E-state index contributed by atoms with van der Waals surface area (Å²) in [5.41, 5.74) is 2.62. The number of Topliss-reactive ketones (excluding diaryl/α,β-unsaturated/α-hetero) is 1. The Morgan fingerprint density at radius 3 is 2.31 bits per heavy atom. The van der Waals surface area contributed by atoms with E-state index in [-0.39, 0.29) is 21.9 Å². The maximum Gasteiger partial charge on any atom is 0.300 e. The number of halogens is 2. The molecule has 1 N–H and O–H groups in total. The molecule has 7 heteroatoms. The standard InChI is InChI=1S/C25H16Cl2N2O3/c1-14-4-2-3-5-18(14)22-21(23(30)16-8-11-19(26)20(27)12-16)24(31)25(32)29(22)17-9-6-15(13-28)7-10-17/h2-12,22,30H,1H3/b23-21+. The Labute approximate surface area is 194 Å². The number of nitrogens with zero attached hydrogens (tertiary/aromatic N) is 2. The van der Waals surface area contributed by atoms with E-state index >= 15 is 0 Å². The van der Waals surface area contributed by atoms with E-state index in [1.54, 1.807) is 30.3 Å². The van der Waals surface area contributed by atoms with Crippen LogP contribution in [0.1, 0.15) is 28.3 Å². The molecule has 1 fully saturated rings. The van der Waals surface area contributed by atoms with Crippen molar-refractivity contribution >= 4 is 46.3 Å². The Balaban J connectivity index is 1.97. The molecule has 1 heterocycles. The summed E-state index contributed by atoms with van der Waals surface area (Å²) in [4.78, 5) is 27.6. The van der Waals surface area contributed by atoms with Crippen LogP contribution in [-0.2, 0) is 9.59 Å². The molecule has 0 spiro atoms. The minimum Gasteiger partial charge on any atom is -0.507 e. The molecule has 0 bridgehead atoms. The van der Waals surface area contributed by atoms with Gasteiger partial charge in [-0.3, -0.25) is 14.5 Å². The van der Waals surface area contributed by atoms with E-state index in [0.29, 0.717) is 21.8 Å². The lowest BCUT2D eigenvalue weighted by Crippen LogP contribution is -2.29. The fraction of sp³-hybridized carbons (Fsp3) is 0.0800. The van der Waals surface area contributed by atoms with Gasteiger partial charge in [0.15, 0.2) is 0 Å². The van der Waals surface area contributed by atoms with E-state index in [2.05, 4.69) is 0 Å². The second kappa shape index (κ2) is 8.51. The first-order chi connectivity index (χ1) is 15.3. The van der Waals surface area contributed by atoms with Crippen LogP contribution in [0.5, 0.6) is 0 Å². The van der Waals surface area contributed by atoms with Gasteiger partial charge in [-0.25, -0.2) is 0 Å². The predicted octanol–water partition coefficient (Wildman–Crippen LogP) is 5.80. The quantitative estimate of drug-likeness (QED) is 0.303. The number of anilines is 1. The van der Waals surface area contributed by atoms with Gasteiger partial charge in [0.25, 0.3) is 11.7 Å². The van der Waals surface area contributed by atoms with Crippen LogP contribution in [0.25, 0.3) is 5.76 Å². The number of aryl methyl sites for hydroxylation is 1. The van der Waals surface area contributed by atoms with Crippen molar-refractivity contribution in [3.63, 3.8) is 0 Å². The monoisotopic (exact) mass is 462 g/mol. The molecule has 0 aliphatic carbocycles.